The largest absolute Gasteiger partial charge is 0.493 e. The second-order valence-corrected chi connectivity index (χ2v) is 6.49. The van der Waals surface area contributed by atoms with Gasteiger partial charge in [-0.05, 0) is 30.2 Å². The first-order valence-corrected chi connectivity index (χ1v) is 8.77. The van der Waals surface area contributed by atoms with Gasteiger partial charge in [0.1, 0.15) is 24.8 Å². The number of carbonyl (C=O) groups is 1. The van der Waals surface area contributed by atoms with E-state index in [1.165, 1.54) is 5.56 Å². The van der Waals surface area contributed by atoms with Crippen LogP contribution in [0.2, 0.25) is 0 Å². The maximum Gasteiger partial charge on any atom is 0.246 e. The van der Waals surface area contributed by atoms with Gasteiger partial charge in [-0.2, -0.15) is 0 Å². The van der Waals surface area contributed by atoms with Crippen molar-refractivity contribution in [1.82, 2.24) is 15.3 Å². The molecule has 134 valence electrons. The summed E-state index contributed by atoms with van der Waals surface area (Å²) in [7, 11) is 0. The first-order valence-electron chi connectivity index (χ1n) is 8.77. The van der Waals surface area contributed by atoms with Crippen LogP contribution in [-0.4, -0.2) is 35.6 Å². The number of carbonyl (C=O) groups excluding carboxylic acids is 1. The zero-order valence-corrected chi connectivity index (χ0v) is 14.4. The van der Waals surface area contributed by atoms with Crippen molar-refractivity contribution >= 4 is 16.9 Å². The van der Waals surface area contributed by atoms with Gasteiger partial charge in [0, 0.05) is 12.5 Å². The van der Waals surface area contributed by atoms with Crippen molar-refractivity contribution in [2.45, 2.75) is 13.0 Å². The Hall–Kier alpha value is -2.86. The molecule has 26 heavy (non-hydrogen) atoms. The number of hydrogen-bond donors (Lipinski definition) is 2. The molecular weight excluding hydrogens is 330 g/mol. The van der Waals surface area contributed by atoms with Gasteiger partial charge in [0.25, 0.3) is 0 Å². The summed E-state index contributed by atoms with van der Waals surface area (Å²) in [6, 6.07) is 15.8. The molecule has 2 aromatic carbocycles. The van der Waals surface area contributed by atoms with Gasteiger partial charge in [-0.1, -0.05) is 30.3 Å². The summed E-state index contributed by atoms with van der Waals surface area (Å²) in [6.45, 7) is 1.50. The molecule has 1 amide bonds. The maximum atomic E-state index is 12.0. The van der Waals surface area contributed by atoms with Gasteiger partial charge in [0.15, 0.2) is 0 Å². The van der Waals surface area contributed by atoms with E-state index in [1.54, 1.807) is 0 Å². The molecule has 1 atom stereocenters. The Bertz CT molecular complexity index is 873. The molecule has 6 nitrogen and oxygen atoms in total. The molecule has 0 radical (unpaired) electrons. The Balaban J connectivity index is 1.20. The fraction of sp³-hybridized carbons (Fsp3) is 0.300. The number of nitrogens with zero attached hydrogens (tertiary/aromatic N) is 1. The van der Waals surface area contributed by atoms with Crippen LogP contribution in [0.25, 0.3) is 11.0 Å². The summed E-state index contributed by atoms with van der Waals surface area (Å²) in [6.07, 6.45) is 0.913. The normalized spacial score (nSPS) is 16.1. The summed E-state index contributed by atoms with van der Waals surface area (Å²) >= 11 is 0. The lowest BCUT2D eigenvalue weighted by Crippen LogP contribution is -2.36. The number of hydrogen-bond acceptors (Lipinski definition) is 4. The summed E-state index contributed by atoms with van der Waals surface area (Å²) in [4.78, 5) is 19.6. The molecule has 1 aliphatic heterocycles. The molecule has 0 bridgehead atoms. The quantitative estimate of drug-likeness (QED) is 0.715. The van der Waals surface area contributed by atoms with Crippen molar-refractivity contribution in [2.75, 3.05) is 19.8 Å². The van der Waals surface area contributed by atoms with E-state index < -0.39 is 0 Å². The molecule has 2 heterocycles. The van der Waals surface area contributed by atoms with Crippen LogP contribution >= 0.6 is 0 Å². The van der Waals surface area contributed by atoms with Crippen LogP contribution in [0.3, 0.4) is 0 Å². The van der Waals surface area contributed by atoms with Gasteiger partial charge in [0.2, 0.25) is 5.91 Å². The van der Waals surface area contributed by atoms with Crippen LogP contribution < -0.4 is 10.1 Å². The number of amides is 1. The van der Waals surface area contributed by atoms with Crippen molar-refractivity contribution in [3.8, 4) is 5.75 Å². The van der Waals surface area contributed by atoms with E-state index in [0.29, 0.717) is 13.2 Å². The van der Waals surface area contributed by atoms with Crippen molar-refractivity contribution in [1.29, 1.82) is 0 Å². The molecule has 0 unspecified atom stereocenters. The minimum atomic E-state index is -0.125. The predicted molar refractivity (Wildman–Crippen MR) is 97.9 cm³/mol. The lowest BCUT2D eigenvalue weighted by atomic mass is 9.97. The molecule has 6 heteroatoms. The van der Waals surface area contributed by atoms with Crippen molar-refractivity contribution in [3.63, 3.8) is 0 Å². The lowest BCUT2D eigenvalue weighted by Gasteiger charge is -2.25. The van der Waals surface area contributed by atoms with Gasteiger partial charge in [0.05, 0.1) is 17.6 Å². The summed E-state index contributed by atoms with van der Waals surface area (Å²) < 4.78 is 11.2. The highest BCUT2D eigenvalue weighted by Crippen LogP contribution is 2.26. The van der Waals surface area contributed by atoms with Crippen LogP contribution in [0.5, 0.6) is 5.75 Å². The van der Waals surface area contributed by atoms with Gasteiger partial charge in [-0.3, -0.25) is 4.79 Å². The summed E-state index contributed by atoms with van der Waals surface area (Å²) in [5, 5.41) is 2.92. The number of ether oxygens (including phenoxy) is 2. The van der Waals surface area contributed by atoms with Gasteiger partial charge >= 0.3 is 0 Å². The third-order valence-electron chi connectivity index (χ3n) is 4.45. The second kappa shape index (κ2) is 7.58. The number of H-pyrrole nitrogens is 1. The highest BCUT2D eigenvalue weighted by Gasteiger charge is 2.19. The molecule has 1 aromatic heterocycles. The molecule has 0 saturated heterocycles. The monoisotopic (exact) mass is 351 g/mol. The Morgan fingerprint density at radius 1 is 1.23 bits per heavy atom. The number of fused-ring (bicyclic) bond motifs is 2. The smallest absolute Gasteiger partial charge is 0.246 e. The Morgan fingerprint density at radius 3 is 3.00 bits per heavy atom. The number of nitrogens with one attached hydrogen (secondary N) is 2. The molecule has 0 spiro atoms. The van der Waals surface area contributed by atoms with Crippen LogP contribution in [0.4, 0.5) is 0 Å². The van der Waals surface area contributed by atoms with Crippen LogP contribution in [0, 0.1) is 5.92 Å². The van der Waals surface area contributed by atoms with Crippen LogP contribution in [0.1, 0.15) is 11.4 Å². The van der Waals surface area contributed by atoms with E-state index in [4.69, 9.17) is 9.47 Å². The number of imidazole rings is 1. The molecule has 0 fully saturated rings. The van der Waals surface area contributed by atoms with E-state index in [1.807, 2.05) is 42.5 Å². The molecule has 0 aliphatic carbocycles. The fourth-order valence-electron chi connectivity index (χ4n) is 3.15. The molecule has 0 saturated carbocycles. The fourth-order valence-corrected chi connectivity index (χ4v) is 3.15. The zero-order chi connectivity index (χ0) is 17.8. The van der Waals surface area contributed by atoms with E-state index >= 15 is 0 Å². The average molecular weight is 351 g/mol. The SMILES string of the molecule is O=C(COCc1nc2ccccc2[nH]1)NC[C@H]1COc2ccccc2C1. The molecule has 4 rings (SSSR count). The summed E-state index contributed by atoms with van der Waals surface area (Å²) in [5.41, 5.74) is 3.06. The van der Waals surface area contributed by atoms with Gasteiger partial charge < -0.3 is 19.8 Å². The Labute approximate surface area is 151 Å². The minimum absolute atomic E-state index is 0.0151. The van der Waals surface area contributed by atoms with E-state index in [0.717, 1.165) is 29.0 Å². The first-order chi connectivity index (χ1) is 12.8. The van der Waals surface area contributed by atoms with Gasteiger partial charge in [-0.15, -0.1) is 0 Å². The van der Waals surface area contributed by atoms with Crippen molar-refractivity contribution in [2.24, 2.45) is 5.92 Å². The Kier molecular flexibility index (Phi) is 4.84. The predicted octanol–water partition coefficient (Wildman–Crippen LogP) is 2.45. The van der Waals surface area contributed by atoms with Crippen LogP contribution in [-0.2, 0) is 22.6 Å². The number of aromatic nitrogens is 2. The van der Waals surface area contributed by atoms with E-state index in [2.05, 4.69) is 21.4 Å². The molecule has 3 aromatic rings. The van der Waals surface area contributed by atoms with E-state index in [9.17, 15) is 4.79 Å². The topological polar surface area (TPSA) is 76.2 Å². The minimum Gasteiger partial charge on any atom is -0.493 e. The van der Waals surface area contributed by atoms with Crippen molar-refractivity contribution in [3.05, 3.63) is 59.9 Å². The lowest BCUT2D eigenvalue weighted by molar-refractivity contribution is -0.126. The maximum absolute atomic E-state index is 12.0. The first kappa shape index (κ1) is 16.6. The number of rotatable bonds is 6. The molecule has 2 N–H and O–H groups in total. The van der Waals surface area contributed by atoms with E-state index in [-0.39, 0.29) is 25.0 Å². The van der Waals surface area contributed by atoms with Gasteiger partial charge in [-0.25, -0.2) is 4.98 Å². The average Bonchev–Trinajstić information content (AvgIpc) is 3.09. The third-order valence-corrected chi connectivity index (χ3v) is 4.45. The molecular formula is C20H21N3O3. The third kappa shape index (κ3) is 3.86. The highest BCUT2D eigenvalue weighted by atomic mass is 16.5. The number of benzene rings is 2. The summed E-state index contributed by atoms with van der Waals surface area (Å²) in [5.74, 6) is 1.82. The molecule has 1 aliphatic rings. The number of para-hydroxylation sites is 3. The van der Waals surface area contributed by atoms with Crippen molar-refractivity contribution < 1.29 is 14.3 Å². The Morgan fingerprint density at radius 2 is 2.08 bits per heavy atom. The second-order valence-electron chi connectivity index (χ2n) is 6.49. The number of aromatic amines is 1. The standard InChI is InChI=1S/C20H21N3O3/c24-20(13-25-12-19-22-16-6-2-3-7-17(16)23-19)21-10-14-9-15-5-1-4-8-18(15)26-11-14/h1-8,14H,9-13H2,(H,21,24)(H,22,23)/t14-/m0/s1. The highest BCUT2D eigenvalue weighted by molar-refractivity contribution is 5.77. The zero-order valence-electron chi connectivity index (χ0n) is 14.4. The van der Waals surface area contributed by atoms with Crippen LogP contribution in [0.15, 0.2) is 48.5 Å².